The average molecular weight is 550 g/mol. The molecule has 0 aliphatic carbocycles. The fourth-order valence-electron chi connectivity index (χ4n) is 2.98. The average Bonchev–Trinajstić information content (AvgIpc) is 2.79. The van der Waals surface area contributed by atoms with Crippen LogP contribution in [0.25, 0.3) is 0 Å². The topological polar surface area (TPSA) is 0 Å². The maximum Gasteiger partial charge on any atom is 0.416 e. The molecule has 0 aliphatic heterocycles. The molecule has 198 valence electrons. The van der Waals surface area contributed by atoms with E-state index in [1.807, 2.05) is 0 Å². The SMILES string of the molecule is FC(F)(F)c1cc(C#Cc2ccc(C#Cc3cc(C(F)(F)F)cc(C(F)(F)F)c3)cc2)cc(C(F)(F)F)c1. The minimum Gasteiger partial charge on any atom is -0.166 e. The van der Waals surface area contributed by atoms with Crippen LogP contribution in [0.5, 0.6) is 0 Å². The van der Waals surface area contributed by atoms with E-state index in [9.17, 15) is 52.7 Å². The van der Waals surface area contributed by atoms with Crippen LogP contribution in [0.2, 0.25) is 0 Å². The third kappa shape index (κ3) is 7.48. The fourth-order valence-corrected chi connectivity index (χ4v) is 2.98. The highest BCUT2D eigenvalue weighted by Gasteiger charge is 2.38. The Hall–Kier alpha value is -4.06. The third-order valence-corrected chi connectivity index (χ3v) is 4.76. The van der Waals surface area contributed by atoms with E-state index in [4.69, 9.17) is 0 Å². The van der Waals surface area contributed by atoms with E-state index in [2.05, 4.69) is 23.7 Å². The summed E-state index contributed by atoms with van der Waals surface area (Å²) < 4.78 is 156. The van der Waals surface area contributed by atoms with Gasteiger partial charge in [0.25, 0.3) is 0 Å². The molecule has 0 saturated carbocycles. The summed E-state index contributed by atoms with van der Waals surface area (Å²) in [5.41, 5.74) is -6.98. The molecule has 0 radical (unpaired) electrons. The predicted molar refractivity (Wildman–Crippen MR) is 111 cm³/mol. The summed E-state index contributed by atoms with van der Waals surface area (Å²) in [5, 5.41) is 0. The maximum absolute atomic E-state index is 13.0. The van der Waals surface area contributed by atoms with Crippen molar-refractivity contribution in [3.8, 4) is 23.7 Å². The van der Waals surface area contributed by atoms with Gasteiger partial charge in [0.1, 0.15) is 0 Å². The van der Waals surface area contributed by atoms with E-state index in [0.29, 0.717) is 24.3 Å². The van der Waals surface area contributed by atoms with Gasteiger partial charge in [-0.1, -0.05) is 23.7 Å². The molecule has 0 unspecified atom stereocenters. The van der Waals surface area contributed by atoms with Gasteiger partial charge in [0.15, 0.2) is 0 Å². The molecule has 3 rings (SSSR count). The van der Waals surface area contributed by atoms with Gasteiger partial charge < -0.3 is 0 Å². The van der Waals surface area contributed by atoms with E-state index >= 15 is 0 Å². The van der Waals surface area contributed by atoms with Crippen LogP contribution in [0.15, 0.2) is 60.7 Å². The minimum absolute atomic E-state index is 0.0410. The first-order valence-electron chi connectivity index (χ1n) is 10.1. The molecule has 0 aliphatic rings. The van der Waals surface area contributed by atoms with Crippen LogP contribution in [0.1, 0.15) is 44.5 Å². The van der Waals surface area contributed by atoms with Crippen molar-refractivity contribution in [2.24, 2.45) is 0 Å². The lowest BCUT2D eigenvalue weighted by atomic mass is 10.0. The molecule has 3 aromatic carbocycles. The summed E-state index contributed by atoms with van der Waals surface area (Å²) in [6.07, 6.45) is -20.2. The second-order valence-electron chi connectivity index (χ2n) is 7.67. The fraction of sp³-hybridized carbons (Fsp3) is 0.154. The van der Waals surface area contributed by atoms with Crippen LogP contribution in [0.3, 0.4) is 0 Å². The van der Waals surface area contributed by atoms with Gasteiger partial charge in [-0.2, -0.15) is 52.7 Å². The minimum atomic E-state index is -5.04. The number of hydrogen-bond acceptors (Lipinski definition) is 0. The third-order valence-electron chi connectivity index (χ3n) is 4.76. The van der Waals surface area contributed by atoms with Crippen molar-refractivity contribution in [1.82, 2.24) is 0 Å². The molecule has 0 bridgehead atoms. The Kier molecular flexibility index (Phi) is 7.51. The normalized spacial score (nSPS) is 12.3. The Balaban J connectivity index is 1.90. The second-order valence-corrected chi connectivity index (χ2v) is 7.67. The van der Waals surface area contributed by atoms with Crippen molar-refractivity contribution in [3.63, 3.8) is 0 Å². The molecule has 0 nitrogen and oxygen atoms in total. The number of rotatable bonds is 0. The lowest BCUT2D eigenvalue weighted by Crippen LogP contribution is -2.11. The van der Waals surface area contributed by atoms with Gasteiger partial charge in [-0.3, -0.25) is 0 Å². The van der Waals surface area contributed by atoms with Crippen LogP contribution in [-0.2, 0) is 24.7 Å². The van der Waals surface area contributed by atoms with Gasteiger partial charge in [0, 0.05) is 22.3 Å². The summed E-state index contributed by atoms with van der Waals surface area (Å²) in [6, 6.07) is 6.79. The van der Waals surface area contributed by atoms with Crippen LogP contribution >= 0.6 is 0 Å². The second kappa shape index (κ2) is 10.0. The van der Waals surface area contributed by atoms with E-state index in [-0.39, 0.29) is 23.3 Å². The van der Waals surface area contributed by atoms with Crippen LogP contribution in [0, 0.1) is 23.7 Å². The van der Waals surface area contributed by atoms with E-state index in [0.717, 1.165) is 0 Å². The highest BCUT2D eigenvalue weighted by atomic mass is 19.4. The van der Waals surface area contributed by atoms with Gasteiger partial charge in [-0.05, 0) is 60.7 Å². The van der Waals surface area contributed by atoms with E-state index in [1.54, 1.807) is 0 Å². The van der Waals surface area contributed by atoms with Crippen molar-refractivity contribution < 1.29 is 52.7 Å². The molecule has 0 N–H and O–H groups in total. The summed E-state index contributed by atoms with van der Waals surface area (Å²) in [4.78, 5) is 0. The Morgan fingerprint density at radius 3 is 0.737 bits per heavy atom. The number of hydrogen-bond donors (Lipinski definition) is 0. The predicted octanol–water partition coefficient (Wildman–Crippen LogP) is 8.56. The standard InChI is InChI=1S/C26H10F12/c27-23(28,29)19-9-17(10-20(13-19)24(30,31)32)7-5-15-1-2-16(4-3-15)6-8-18-11-21(25(33,34)35)14-22(12-18)26(36,37)38/h1-4,9-14H. The summed E-state index contributed by atoms with van der Waals surface area (Å²) in [7, 11) is 0. The monoisotopic (exact) mass is 550 g/mol. The van der Waals surface area contributed by atoms with Gasteiger partial charge in [0.05, 0.1) is 22.3 Å². The summed E-state index contributed by atoms with van der Waals surface area (Å²) >= 11 is 0. The van der Waals surface area contributed by atoms with E-state index < -0.39 is 58.1 Å². The summed E-state index contributed by atoms with van der Waals surface area (Å²) in [5.74, 6) is 9.18. The molecule has 3 aromatic rings. The highest BCUT2D eigenvalue weighted by Crippen LogP contribution is 2.37. The molecule has 0 aromatic heterocycles. The number of alkyl halides is 12. The van der Waals surface area contributed by atoms with Gasteiger partial charge in [0.2, 0.25) is 0 Å². The highest BCUT2D eigenvalue weighted by molar-refractivity contribution is 5.50. The van der Waals surface area contributed by atoms with Crippen molar-refractivity contribution in [3.05, 3.63) is 105 Å². The van der Waals surface area contributed by atoms with Crippen molar-refractivity contribution in [2.75, 3.05) is 0 Å². The van der Waals surface area contributed by atoms with Crippen molar-refractivity contribution in [2.45, 2.75) is 24.7 Å². The Morgan fingerprint density at radius 1 is 0.316 bits per heavy atom. The Morgan fingerprint density at radius 2 is 0.526 bits per heavy atom. The summed E-state index contributed by atoms with van der Waals surface area (Å²) in [6.45, 7) is 0. The van der Waals surface area contributed by atoms with E-state index in [1.165, 1.54) is 24.3 Å². The lowest BCUT2D eigenvalue weighted by molar-refractivity contribution is -0.144. The molecule has 0 atom stereocenters. The Labute approximate surface area is 206 Å². The molecule has 0 heterocycles. The largest absolute Gasteiger partial charge is 0.416 e. The van der Waals surface area contributed by atoms with Gasteiger partial charge in [-0.25, -0.2) is 0 Å². The van der Waals surface area contributed by atoms with Crippen molar-refractivity contribution >= 4 is 0 Å². The van der Waals surface area contributed by atoms with Gasteiger partial charge >= 0.3 is 24.7 Å². The molecule has 0 fully saturated rings. The van der Waals surface area contributed by atoms with Crippen LogP contribution in [-0.4, -0.2) is 0 Å². The molecular weight excluding hydrogens is 540 g/mol. The van der Waals surface area contributed by atoms with Crippen molar-refractivity contribution in [1.29, 1.82) is 0 Å². The molecule has 0 saturated heterocycles. The molecule has 38 heavy (non-hydrogen) atoms. The molecule has 0 spiro atoms. The lowest BCUT2D eigenvalue weighted by Gasteiger charge is -2.12. The van der Waals surface area contributed by atoms with Crippen LogP contribution < -0.4 is 0 Å². The first kappa shape index (κ1) is 28.5. The molecule has 12 heteroatoms. The molecule has 0 amide bonds. The van der Waals surface area contributed by atoms with Gasteiger partial charge in [-0.15, -0.1) is 0 Å². The smallest absolute Gasteiger partial charge is 0.166 e. The first-order valence-corrected chi connectivity index (χ1v) is 10.1. The Bertz CT molecular complexity index is 1270. The number of benzene rings is 3. The quantitative estimate of drug-likeness (QED) is 0.194. The zero-order valence-corrected chi connectivity index (χ0v) is 18.3. The molecular formula is C26H10F12. The number of halogens is 12. The van der Waals surface area contributed by atoms with Crippen LogP contribution in [0.4, 0.5) is 52.7 Å². The maximum atomic E-state index is 13.0. The zero-order valence-electron chi connectivity index (χ0n) is 18.3. The zero-order chi connectivity index (χ0) is 28.5. The first-order chi connectivity index (χ1) is 17.3.